The van der Waals surface area contributed by atoms with Crippen LogP contribution in [0, 0.1) is 6.92 Å². The number of nitrogens with one attached hydrogen (secondary N) is 1. The summed E-state index contributed by atoms with van der Waals surface area (Å²) in [6.07, 6.45) is 2.88. The second kappa shape index (κ2) is 11.2. The fraction of sp³-hybridized carbons (Fsp3) is 0.474. The molecule has 3 rings (SSSR count). The summed E-state index contributed by atoms with van der Waals surface area (Å²) in [4.78, 5) is 14.9. The van der Waals surface area contributed by atoms with E-state index in [1.165, 1.54) is 15.4 Å². The van der Waals surface area contributed by atoms with E-state index in [9.17, 15) is 0 Å². The van der Waals surface area contributed by atoms with Crippen LogP contribution in [0.1, 0.15) is 15.4 Å². The van der Waals surface area contributed by atoms with Crippen molar-refractivity contribution in [2.75, 3.05) is 39.8 Å². The molecule has 1 saturated heterocycles. The Bertz CT molecular complexity index is 743. The van der Waals surface area contributed by atoms with E-state index in [2.05, 4.69) is 44.1 Å². The summed E-state index contributed by atoms with van der Waals surface area (Å²) in [7, 11) is 1.86. The van der Waals surface area contributed by atoms with Gasteiger partial charge in [0.25, 0.3) is 0 Å². The second-order valence-electron chi connectivity index (χ2n) is 6.48. The molecule has 1 aliphatic heterocycles. The lowest BCUT2D eigenvalue weighted by atomic mass is 10.2. The highest BCUT2D eigenvalue weighted by molar-refractivity contribution is 14.0. The van der Waals surface area contributed by atoms with E-state index in [-0.39, 0.29) is 24.0 Å². The molecule has 1 aromatic carbocycles. The highest BCUT2D eigenvalue weighted by Gasteiger charge is 2.19. The number of halogens is 2. The molecular formula is C19H27ClIN5S. The van der Waals surface area contributed by atoms with Crippen molar-refractivity contribution in [2.24, 2.45) is 4.99 Å². The van der Waals surface area contributed by atoms with Crippen LogP contribution >= 0.6 is 46.9 Å². The van der Waals surface area contributed by atoms with Crippen molar-refractivity contribution >= 4 is 52.9 Å². The molecule has 0 saturated carbocycles. The highest BCUT2D eigenvalue weighted by atomic mass is 127. The molecule has 0 radical (unpaired) electrons. The fourth-order valence-electron chi connectivity index (χ4n) is 3.14. The first-order valence-corrected chi connectivity index (χ1v) is 10.2. The van der Waals surface area contributed by atoms with Gasteiger partial charge in [-0.3, -0.25) is 9.89 Å². The van der Waals surface area contributed by atoms with Crippen molar-refractivity contribution in [3.63, 3.8) is 0 Å². The van der Waals surface area contributed by atoms with Crippen molar-refractivity contribution < 1.29 is 0 Å². The average molecular weight is 520 g/mol. The Hall–Kier alpha value is -0.900. The number of piperazine rings is 1. The van der Waals surface area contributed by atoms with E-state index in [1.54, 1.807) is 11.3 Å². The molecule has 2 aromatic rings. The molecular weight excluding hydrogens is 493 g/mol. The summed E-state index contributed by atoms with van der Waals surface area (Å²) in [5.74, 6) is 0.987. The van der Waals surface area contributed by atoms with Crippen molar-refractivity contribution in [1.29, 1.82) is 0 Å². The Morgan fingerprint density at radius 2 is 2.07 bits per heavy atom. The quantitative estimate of drug-likeness (QED) is 0.372. The first-order valence-electron chi connectivity index (χ1n) is 8.98. The van der Waals surface area contributed by atoms with Gasteiger partial charge in [-0.2, -0.15) is 0 Å². The zero-order valence-electron chi connectivity index (χ0n) is 15.8. The van der Waals surface area contributed by atoms with E-state index in [1.807, 2.05) is 25.4 Å². The highest BCUT2D eigenvalue weighted by Crippen LogP contribution is 2.14. The Balaban J connectivity index is 0.00000261. The lowest BCUT2D eigenvalue weighted by molar-refractivity contribution is 0.172. The normalized spacial score (nSPS) is 15.5. The molecule has 0 bridgehead atoms. The van der Waals surface area contributed by atoms with Crippen LogP contribution < -0.4 is 5.32 Å². The van der Waals surface area contributed by atoms with E-state index in [4.69, 9.17) is 11.6 Å². The zero-order chi connectivity index (χ0) is 18.4. The van der Waals surface area contributed by atoms with E-state index in [0.29, 0.717) is 0 Å². The molecule has 1 aromatic heterocycles. The Labute approximate surface area is 187 Å². The number of thiazole rings is 1. The van der Waals surface area contributed by atoms with Crippen LogP contribution in [0.4, 0.5) is 0 Å². The van der Waals surface area contributed by atoms with Crippen LogP contribution in [0.3, 0.4) is 0 Å². The maximum atomic E-state index is 6.09. The van der Waals surface area contributed by atoms with Crippen LogP contribution in [0.5, 0.6) is 0 Å². The molecule has 27 heavy (non-hydrogen) atoms. The minimum Gasteiger partial charge on any atom is -0.356 e. The van der Waals surface area contributed by atoms with Crippen LogP contribution in [-0.2, 0) is 13.0 Å². The van der Waals surface area contributed by atoms with Crippen LogP contribution in [0.25, 0.3) is 0 Å². The van der Waals surface area contributed by atoms with Gasteiger partial charge < -0.3 is 10.2 Å². The maximum Gasteiger partial charge on any atom is 0.193 e. The molecule has 0 amide bonds. The monoisotopic (exact) mass is 519 g/mol. The summed E-state index contributed by atoms with van der Waals surface area (Å²) < 4.78 is 0. The summed E-state index contributed by atoms with van der Waals surface area (Å²) in [5, 5.41) is 5.46. The molecule has 0 unspecified atom stereocenters. The van der Waals surface area contributed by atoms with Gasteiger partial charge in [0.15, 0.2) is 5.96 Å². The average Bonchev–Trinajstić information content (AvgIpc) is 3.05. The van der Waals surface area contributed by atoms with Gasteiger partial charge in [0.1, 0.15) is 0 Å². The van der Waals surface area contributed by atoms with E-state index < -0.39 is 0 Å². The largest absolute Gasteiger partial charge is 0.356 e. The van der Waals surface area contributed by atoms with Gasteiger partial charge in [0, 0.05) is 68.8 Å². The molecule has 5 nitrogen and oxygen atoms in total. The van der Waals surface area contributed by atoms with Gasteiger partial charge in [-0.15, -0.1) is 35.3 Å². The van der Waals surface area contributed by atoms with E-state index >= 15 is 0 Å². The Morgan fingerprint density at radius 3 is 2.70 bits per heavy atom. The number of nitrogens with zero attached hydrogens (tertiary/aromatic N) is 4. The zero-order valence-corrected chi connectivity index (χ0v) is 19.7. The van der Waals surface area contributed by atoms with Crippen LogP contribution in [0.15, 0.2) is 35.5 Å². The van der Waals surface area contributed by atoms with Gasteiger partial charge >= 0.3 is 0 Å². The predicted octanol–water partition coefficient (Wildman–Crippen LogP) is 3.66. The van der Waals surface area contributed by atoms with Crippen LogP contribution in [-0.4, -0.2) is 60.5 Å². The van der Waals surface area contributed by atoms with Gasteiger partial charge in [-0.25, -0.2) is 4.98 Å². The molecule has 0 atom stereocenters. The first-order chi connectivity index (χ1) is 12.6. The number of rotatable bonds is 5. The predicted molar refractivity (Wildman–Crippen MR) is 126 cm³/mol. The number of guanidine groups is 1. The third-order valence-corrected chi connectivity index (χ3v) is 5.68. The lowest BCUT2D eigenvalue weighted by Crippen LogP contribution is -2.52. The van der Waals surface area contributed by atoms with Crippen molar-refractivity contribution in [2.45, 2.75) is 19.9 Å². The number of benzene rings is 1. The minimum absolute atomic E-state index is 0. The molecule has 1 aliphatic rings. The van der Waals surface area contributed by atoms with Crippen molar-refractivity contribution in [3.8, 4) is 0 Å². The number of aromatic nitrogens is 1. The Morgan fingerprint density at radius 1 is 1.30 bits per heavy atom. The van der Waals surface area contributed by atoms with Crippen molar-refractivity contribution in [3.05, 3.63) is 50.9 Å². The maximum absolute atomic E-state index is 6.09. The fourth-order valence-corrected chi connectivity index (χ4v) is 4.14. The topological polar surface area (TPSA) is 43.8 Å². The summed E-state index contributed by atoms with van der Waals surface area (Å²) in [6, 6.07) is 8.13. The third kappa shape index (κ3) is 6.89. The molecule has 1 N–H and O–H groups in total. The first kappa shape index (κ1) is 22.4. The molecule has 148 valence electrons. The minimum atomic E-state index is 0. The Kier molecular flexibility index (Phi) is 9.28. The molecule has 8 heteroatoms. The standard InChI is InChI=1S/C19H26ClN5S.HI/c1-15-13-23-18(26-15)6-7-22-19(21-2)25-10-8-24(9-11-25)14-16-4-3-5-17(20)12-16;/h3-5,12-13H,6-11,14H2,1-2H3,(H,21,22);1H. The number of hydrogen-bond donors (Lipinski definition) is 1. The van der Waals surface area contributed by atoms with E-state index in [0.717, 1.165) is 56.7 Å². The summed E-state index contributed by atoms with van der Waals surface area (Å²) >= 11 is 7.85. The van der Waals surface area contributed by atoms with Gasteiger partial charge in [0.05, 0.1) is 5.01 Å². The van der Waals surface area contributed by atoms with Gasteiger partial charge in [-0.1, -0.05) is 23.7 Å². The number of aliphatic imine (C=N–C) groups is 1. The molecule has 1 fully saturated rings. The number of hydrogen-bond acceptors (Lipinski definition) is 4. The smallest absolute Gasteiger partial charge is 0.193 e. The van der Waals surface area contributed by atoms with Gasteiger partial charge in [0.2, 0.25) is 0 Å². The van der Waals surface area contributed by atoms with Crippen LogP contribution in [0.2, 0.25) is 5.02 Å². The van der Waals surface area contributed by atoms with Gasteiger partial charge in [-0.05, 0) is 24.6 Å². The number of aryl methyl sites for hydroxylation is 1. The van der Waals surface area contributed by atoms with Crippen molar-refractivity contribution in [1.82, 2.24) is 20.1 Å². The molecule has 0 aliphatic carbocycles. The molecule has 0 spiro atoms. The lowest BCUT2D eigenvalue weighted by Gasteiger charge is -2.36. The second-order valence-corrected chi connectivity index (χ2v) is 8.24. The SMILES string of the molecule is CN=C(NCCc1ncc(C)s1)N1CCN(Cc2cccc(Cl)c2)CC1.I. The third-order valence-electron chi connectivity index (χ3n) is 4.47. The summed E-state index contributed by atoms with van der Waals surface area (Å²) in [5.41, 5.74) is 1.27. The summed E-state index contributed by atoms with van der Waals surface area (Å²) in [6.45, 7) is 7.92. The molecule has 2 heterocycles.